The quantitative estimate of drug-likeness (QED) is 0.829. The third-order valence-electron chi connectivity index (χ3n) is 4.57. The van der Waals surface area contributed by atoms with Crippen molar-refractivity contribution in [1.82, 2.24) is 24.6 Å². The van der Waals surface area contributed by atoms with E-state index in [0.717, 1.165) is 32.0 Å². The molecule has 21 heavy (non-hydrogen) atoms. The lowest BCUT2D eigenvalue weighted by Gasteiger charge is -2.27. The first kappa shape index (κ1) is 12.8. The second-order valence-corrected chi connectivity index (χ2v) is 5.93. The molecule has 6 heteroatoms. The molecule has 0 bridgehead atoms. The molecule has 2 aromatic rings. The average molecular weight is 284 g/mol. The third kappa shape index (κ3) is 2.29. The number of rotatable bonds is 2. The van der Waals surface area contributed by atoms with E-state index in [0.29, 0.717) is 6.04 Å². The second-order valence-electron chi connectivity index (χ2n) is 5.93. The highest BCUT2D eigenvalue weighted by Gasteiger charge is 2.32. The minimum atomic E-state index is 0.601. The first-order valence-electron chi connectivity index (χ1n) is 7.57. The maximum atomic E-state index is 4.62. The van der Waals surface area contributed by atoms with Crippen molar-refractivity contribution in [3.63, 3.8) is 0 Å². The predicted octanol–water partition coefficient (Wildman–Crippen LogP) is 1.19. The zero-order valence-electron chi connectivity index (χ0n) is 12.3. The maximum absolute atomic E-state index is 4.62. The molecule has 1 atom stereocenters. The maximum Gasteiger partial charge on any atom is 0.140 e. The minimum Gasteiger partial charge on any atom is -0.366 e. The summed E-state index contributed by atoms with van der Waals surface area (Å²) in [6, 6.07) is 4.86. The van der Waals surface area contributed by atoms with Crippen molar-refractivity contribution >= 4 is 5.69 Å². The van der Waals surface area contributed by atoms with Gasteiger partial charge in [0.25, 0.3) is 0 Å². The summed E-state index contributed by atoms with van der Waals surface area (Å²) in [5.41, 5.74) is 2.50. The van der Waals surface area contributed by atoms with Crippen molar-refractivity contribution in [2.45, 2.75) is 32.0 Å². The van der Waals surface area contributed by atoms with Gasteiger partial charge in [0.05, 0.1) is 17.9 Å². The van der Waals surface area contributed by atoms with E-state index in [1.807, 2.05) is 24.0 Å². The molecule has 4 rings (SSSR count). The molecule has 0 aromatic carbocycles. The smallest absolute Gasteiger partial charge is 0.140 e. The lowest BCUT2D eigenvalue weighted by atomic mass is 10.2. The van der Waals surface area contributed by atoms with Gasteiger partial charge in [-0.3, -0.25) is 14.6 Å². The number of anilines is 1. The van der Waals surface area contributed by atoms with E-state index in [-0.39, 0.29) is 0 Å². The van der Waals surface area contributed by atoms with Crippen LogP contribution in [0.2, 0.25) is 0 Å². The van der Waals surface area contributed by atoms with E-state index in [1.165, 1.54) is 24.2 Å². The molecule has 0 aliphatic carbocycles. The van der Waals surface area contributed by atoms with Crippen molar-refractivity contribution in [3.8, 4) is 0 Å². The summed E-state index contributed by atoms with van der Waals surface area (Å²) >= 11 is 0. The van der Waals surface area contributed by atoms with Crippen molar-refractivity contribution in [3.05, 3.63) is 36.2 Å². The van der Waals surface area contributed by atoms with Gasteiger partial charge in [0.15, 0.2) is 0 Å². The summed E-state index contributed by atoms with van der Waals surface area (Å²) in [6.07, 6.45) is 6.07. The van der Waals surface area contributed by atoms with Crippen molar-refractivity contribution in [1.29, 1.82) is 0 Å². The van der Waals surface area contributed by atoms with E-state index < -0.39 is 0 Å². The summed E-state index contributed by atoms with van der Waals surface area (Å²) in [5.74, 6) is 1.01. The van der Waals surface area contributed by atoms with Gasteiger partial charge in [-0.25, -0.2) is 4.98 Å². The molecule has 0 radical (unpaired) electrons. The van der Waals surface area contributed by atoms with Crippen molar-refractivity contribution < 1.29 is 0 Å². The molecule has 2 aromatic heterocycles. The molecule has 2 aliphatic heterocycles. The van der Waals surface area contributed by atoms with Gasteiger partial charge in [0.2, 0.25) is 0 Å². The van der Waals surface area contributed by atoms with Gasteiger partial charge < -0.3 is 4.90 Å². The Morgan fingerprint density at radius 1 is 1.33 bits per heavy atom. The van der Waals surface area contributed by atoms with E-state index in [2.05, 4.69) is 30.9 Å². The van der Waals surface area contributed by atoms with Gasteiger partial charge in [-0.1, -0.05) is 0 Å². The van der Waals surface area contributed by atoms with Crippen LogP contribution in [0.25, 0.3) is 0 Å². The van der Waals surface area contributed by atoms with Gasteiger partial charge in [-0.15, -0.1) is 0 Å². The molecule has 2 aliphatic rings. The summed E-state index contributed by atoms with van der Waals surface area (Å²) in [5, 5.41) is 4.17. The summed E-state index contributed by atoms with van der Waals surface area (Å²) in [7, 11) is 1.95. The topological polar surface area (TPSA) is 50.1 Å². The first-order chi connectivity index (χ1) is 10.3. The van der Waals surface area contributed by atoms with Gasteiger partial charge in [0, 0.05) is 38.9 Å². The van der Waals surface area contributed by atoms with Crippen LogP contribution >= 0.6 is 0 Å². The number of fused-ring (bicyclic) bond motifs is 3. The standard InChI is InChI=1S/C15H20N6/c1-19-15(17-11-18-19)10-20-8-12-4-3-7-21(12)14-5-2-6-16-13(14)9-20/h2,5-6,11-12H,3-4,7-10H2,1H3/t12-/m0/s1. The van der Waals surface area contributed by atoms with E-state index in [1.54, 1.807) is 6.33 Å². The molecule has 0 N–H and O–H groups in total. The van der Waals surface area contributed by atoms with Crippen LogP contribution < -0.4 is 4.90 Å². The largest absolute Gasteiger partial charge is 0.366 e. The summed E-state index contributed by atoms with van der Waals surface area (Å²) < 4.78 is 1.86. The van der Waals surface area contributed by atoms with Crippen LogP contribution in [0.5, 0.6) is 0 Å². The number of hydrogen-bond donors (Lipinski definition) is 0. The van der Waals surface area contributed by atoms with Crippen LogP contribution in [0.3, 0.4) is 0 Å². The Hall–Kier alpha value is -1.95. The summed E-state index contributed by atoms with van der Waals surface area (Å²) in [6.45, 7) is 3.94. The predicted molar refractivity (Wildman–Crippen MR) is 79.7 cm³/mol. The molecular formula is C15H20N6. The molecule has 0 amide bonds. The first-order valence-corrected chi connectivity index (χ1v) is 7.57. The second kappa shape index (κ2) is 5.11. The Bertz CT molecular complexity index is 637. The van der Waals surface area contributed by atoms with E-state index in [9.17, 15) is 0 Å². The molecule has 1 saturated heterocycles. The molecule has 6 nitrogen and oxygen atoms in total. The monoisotopic (exact) mass is 284 g/mol. The Labute approximate surface area is 124 Å². The molecule has 1 fully saturated rings. The van der Waals surface area contributed by atoms with Crippen LogP contribution in [0.15, 0.2) is 24.7 Å². The van der Waals surface area contributed by atoms with Gasteiger partial charge in [-0.2, -0.15) is 5.10 Å². The zero-order chi connectivity index (χ0) is 14.2. The highest BCUT2D eigenvalue weighted by atomic mass is 15.3. The molecule has 0 spiro atoms. The Kier molecular flexibility index (Phi) is 3.11. The number of aromatic nitrogens is 4. The van der Waals surface area contributed by atoms with Crippen molar-refractivity contribution in [2.24, 2.45) is 7.05 Å². The number of nitrogens with zero attached hydrogens (tertiary/aromatic N) is 6. The highest BCUT2D eigenvalue weighted by molar-refractivity contribution is 5.53. The molecule has 0 saturated carbocycles. The molecular weight excluding hydrogens is 264 g/mol. The third-order valence-corrected chi connectivity index (χ3v) is 4.57. The van der Waals surface area contributed by atoms with E-state index in [4.69, 9.17) is 0 Å². The van der Waals surface area contributed by atoms with E-state index >= 15 is 0 Å². The normalized spacial score (nSPS) is 22.0. The SMILES string of the molecule is Cn1ncnc1CN1Cc2ncccc2N2CCC[C@H]2C1. The number of pyridine rings is 1. The van der Waals surface area contributed by atoms with Crippen LogP contribution in [0, 0.1) is 0 Å². The Balaban J connectivity index is 1.64. The fourth-order valence-corrected chi connectivity index (χ4v) is 3.51. The van der Waals surface area contributed by atoms with Crippen LogP contribution in [-0.4, -0.2) is 43.8 Å². The van der Waals surface area contributed by atoms with Gasteiger partial charge in [0.1, 0.15) is 12.2 Å². The lowest BCUT2D eigenvalue weighted by molar-refractivity contribution is 0.236. The fraction of sp³-hybridized carbons (Fsp3) is 0.533. The van der Waals surface area contributed by atoms with Gasteiger partial charge in [-0.05, 0) is 25.0 Å². The van der Waals surface area contributed by atoms with Crippen molar-refractivity contribution in [2.75, 3.05) is 18.0 Å². The minimum absolute atomic E-state index is 0.601. The molecule has 4 heterocycles. The number of aryl methyl sites for hydroxylation is 1. The lowest BCUT2D eigenvalue weighted by Crippen LogP contribution is -2.37. The average Bonchev–Trinajstić information content (AvgIpc) is 3.06. The number of hydrogen-bond acceptors (Lipinski definition) is 5. The van der Waals surface area contributed by atoms with Gasteiger partial charge >= 0.3 is 0 Å². The Morgan fingerprint density at radius 3 is 3.14 bits per heavy atom. The summed E-state index contributed by atoms with van der Waals surface area (Å²) in [4.78, 5) is 14.0. The molecule has 110 valence electrons. The highest BCUT2D eigenvalue weighted by Crippen LogP contribution is 2.32. The Morgan fingerprint density at radius 2 is 2.29 bits per heavy atom. The molecule has 0 unspecified atom stereocenters. The fourth-order valence-electron chi connectivity index (χ4n) is 3.51. The van der Waals surface area contributed by atoms with Crippen LogP contribution in [-0.2, 0) is 20.1 Å². The van der Waals surface area contributed by atoms with Crippen LogP contribution in [0.1, 0.15) is 24.4 Å². The zero-order valence-corrected chi connectivity index (χ0v) is 12.3. The van der Waals surface area contributed by atoms with Crippen LogP contribution in [0.4, 0.5) is 5.69 Å².